The van der Waals surface area contributed by atoms with Crippen LogP contribution in [0.3, 0.4) is 0 Å². The summed E-state index contributed by atoms with van der Waals surface area (Å²) in [5.74, 6) is -0.543. The van der Waals surface area contributed by atoms with Gasteiger partial charge in [0.05, 0.1) is 20.4 Å². The van der Waals surface area contributed by atoms with Gasteiger partial charge in [-0.2, -0.15) is 5.10 Å². The van der Waals surface area contributed by atoms with Gasteiger partial charge in [-0.3, -0.25) is 9.59 Å². The van der Waals surface area contributed by atoms with E-state index in [0.717, 1.165) is 6.07 Å². The number of carbonyl (C=O) groups excluding carboxylic acids is 2. The van der Waals surface area contributed by atoms with Crippen molar-refractivity contribution >= 4 is 24.1 Å². The van der Waals surface area contributed by atoms with E-state index in [2.05, 4.69) is 15.8 Å². The number of ether oxygens (including phenoxy) is 2. The molecule has 0 aromatic heterocycles. The second kappa shape index (κ2) is 11.2. The quantitative estimate of drug-likeness (QED) is 0.232. The molecule has 4 N–H and O–H groups in total. The Morgan fingerprint density at radius 1 is 0.912 bits per heavy atom. The second-order valence-electron chi connectivity index (χ2n) is 6.93. The molecule has 9 heteroatoms. The number of rotatable bonds is 8. The average Bonchev–Trinajstić information content (AvgIpc) is 2.85. The summed E-state index contributed by atoms with van der Waals surface area (Å²) in [6, 6.07) is 17.4. The van der Waals surface area contributed by atoms with Crippen molar-refractivity contribution in [2.75, 3.05) is 14.2 Å². The summed E-state index contributed by atoms with van der Waals surface area (Å²) in [7, 11) is 3.00. The SMILES string of the molecule is COc1ccc(C=C(NC(=O)c2ccccc2)C(=O)N/N=C/c2ccc(O)cc2O)cc1OC. The third kappa shape index (κ3) is 6.13. The number of carbonyl (C=O) groups is 2. The molecule has 0 unspecified atom stereocenters. The number of hydrogen-bond donors (Lipinski definition) is 4. The number of benzene rings is 3. The van der Waals surface area contributed by atoms with Crippen molar-refractivity contribution in [3.63, 3.8) is 0 Å². The molecular formula is C25H23N3O6. The summed E-state index contributed by atoms with van der Waals surface area (Å²) in [5, 5.41) is 25.6. The Bertz CT molecular complexity index is 1240. The number of aromatic hydroxyl groups is 2. The zero-order valence-electron chi connectivity index (χ0n) is 18.5. The Morgan fingerprint density at radius 2 is 1.65 bits per heavy atom. The lowest BCUT2D eigenvalue weighted by atomic mass is 10.1. The number of methoxy groups -OCH3 is 2. The molecule has 0 radical (unpaired) electrons. The fourth-order valence-corrected chi connectivity index (χ4v) is 2.91. The van der Waals surface area contributed by atoms with Gasteiger partial charge in [0, 0.05) is 17.2 Å². The summed E-state index contributed by atoms with van der Waals surface area (Å²) in [6.07, 6.45) is 2.67. The van der Waals surface area contributed by atoms with Crippen LogP contribution >= 0.6 is 0 Å². The fraction of sp³-hybridized carbons (Fsp3) is 0.0800. The van der Waals surface area contributed by atoms with Crippen molar-refractivity contribution in [1.82, 2.24) is 10.7 Å². The number of nitrogens with one attached hydrogen (secondary N) is 2. The standard InChI is InChI=1S/C25H23N3O6/c1-33-22-11-8-16(13-23(22)34-2)12-20(27-24(31)17-6-4-3-5-7-17)25(32)28-26-15-18-9-10-19(29)14-21(18)30/h3-15,29-30H,1-2H3,(H,27,31)(H,28,32)/b20-12?,26-15+. The van der Waals surface area contributed by atoms with Crippen LogP contribution in [0.4, 0.5) is 0 Å². The van der Waals surface area contributed by atoms with Gasteiger partial charge in [0.15, 0.2) is 11.5 Å². The highest BCUT2D eigenvalue weighted by Gasteiger charge is 2.15. The molecule has 3 aromatic rings. The Kier molecular flexibility index (Phi) is 7.85. The van der Waals surface area contributed by atoms with Crippen LogP contribution in [-0.4, -0.2) is 42.5 Å². The summed E-state index contributed by atoms with van der Waals surface area (Å²) in [6.45, 7) is 0. The lowest BCUT2D eigenvalue weighted by Crippen LogP contribution is -2.32. The summed E-state index contributed by atoms with van der Waals surface area (Å²) >= 11 is 0. The normalized spacial score (nSPS) is 11.2. The van der Waals surface area contributed by atoms with Crippen molar-refractivity contribution < 1.29 is 29.3 Å². The monoisotopic (exact) mass is 461 g/mol. The molecule has 0 atom stereocenters. The first kappa shape index (κ1) is 23.9. The molecule has 0 heterocycles. The maximum absolute atomic E-state index is 12.9. The van der Waals surface area contributed by atoms with E-state index in [1.807, 2.05) is 0 Å². The Balaban J connectivity index is 1.87. The first-order chi connectivity index (χ1) is 16.4. The van der Waals surface area contributed by atoms with E-state index >= 15 is 0 Å². The zero-order valence-corrected chi connectivity index (χ0v) is 18.5. The number of hydrazone groups is 1. The van der Waals surface area contributed by atoms with E-state index in [4.69, 9.17) is 9.47 Å². The van der Waals surface area contributed by atoms with Gasteiger partial charge in [0.1, 0.15) is 17.2 Å². The van der Waals surface area contributed by atoms with Crippen LogP contribution in [0.15, 0.2) is 77.5 Å². The minimum atomic E-state index is -0.700. The first-order valence-electron chi connectivity index (χ1n) is 10.1. The number of phenols is 2. The molecule has 0 saturated carbocycles. The van der Waals surface area contributed by atoms with Crippen molar-refractivity contribution in [2.24, 2.45) is 5.10 Å². The van der Waals surface area contributed by atoms with Gasteiger partial charge in [-0.05, 0) is 48.0 Å². The molecule has 0 bridgehead atoms. The number of nitrogens with zero attached hydrogens (tertiary/aromatic N) is 1. The van der Waals surface area contributed by atoms with Crippen LogP contribution in [0.2, 0.25) is 0 Å². The Morgan fingerprint density at radius 3 is 2.32 bits per heavy atom. The molecule has 2 amide bonds. The lowest BCUT2D eigenvalue weighted by Gasteiger charge is -2.11. The van der Waals surface area contributed by atoms with Gasteiger partial charge >= 0.3 is 0 Å². The van der Waals surface area contributed by atoms with Crippen molar-refractivity contribution in [3.8, 4) is 23.0 Å². The van der Waals surface area contributed by atoms with E-state index < -0.39 is 11.8 Å². The molecule has 0 aliphatic carbocycles. The van der Waals surface area contributed by atoms with E-state index in [1.54, 1.807) is 48.5 Å². The molecule has 34 heavy (non-hydrogen) atoms. The van der Waals surface area contributed by atoms with E-state index in [1.165, 1.54) is 38.6 Å². The van der Waals surface area contributed by atoms with Crippen LogP contribution < -0.4 is 20.2 Å². The maximum atomic E-state index is 12.9. The van der Waals surface area contributed by atoms with Gasteiger partial charge in [-0.15, -0.1) is 0 Å². The molecule has 0 spiro atoms. The number of amides is 2. The van der Waals surface area contributed by atoms with Crippen molar-refractivity contribution in [2.45, 2.75) is 0 Å². The topological polar surface area (TPSA) is 129 Å². The molecular weight excluding hydrogens is 438 g/mol. The highest BCUT2D eigenvalue weighted by molar-refractivity contribution is 6.05. The van der Waals surface area contributed by atoms with Gasteiger partial charge < -0.3 is 25.0 Å². The van der Waals surface area contributed by atoms with Gasteiger partial charge in [0.25, 0.3) is 11.8 Å². The zero-order chi connectivity index (χ0) is 24.5. The fourth-order valence-electron chi connectivity index (χ4n) is 2.91. The van der Waals surface area contributed by atoms with E-state index in [-0.39, 0.29) is 22.8 Å². The highest BCUT2D eigenvalue weighted by atomic mass is 16.5. The second-order valence-corrected chi connectivity index (χ2v) is 6.93. The average molecular weight is 461 g/mol. The smallest absolute Gasteiger partial charge is 0.287 e. The van der Waals surface area contributed by atoms with Crippen LogP contribution in [0.1, 0.15) is 21.5 Å². The largest absolute Gasteiger partial charge is 0.508 e. The summed E-state index contributed by atoms with van der Waals surface area (Å²) < 4.78 is 10.5. The molecule has 9 nitrogen and oxygen atoms in total. The third-order valence-corrected chi connectivity index (χ3v) is 4.63. The third-order valence-electron chi connectivity index (χ3n) is 4.63. The Labute approximate surface area is 196 Å². The molecule has 3 rings (SSSR count). The van der Waals surface area contributed by atoms with Gasteiger partial charge in [-0.25, -0.2) is 5.43 Å². The number of phenolic OH excluding ortho intramolecular Hbond substituents is 2. The maximum Gasteiger partial charge on any atom is 0.287 e. The molecule has 0 fully saturated rings. The molecule has 3 aromatic carbocycles. The molecule has 0 saturated heterocycles. The van der Waals surface area contributed by atoms with E-state index in [0.29, 0.717) is 22.6 Å². The van der Waals surface area contributed by atoms with Crippen LogP contribution in [-0.2, 0) is 4.79 Å². The van der Waals surface area contributed by atoms with Crippen molar-refractivity contribution in [1.29, 1.82) is 0 Å². The van der Waals surface area contributed by atoms with Gasteiger partial charge in [-0.1, -0.05) is 24.3 Å². The molecule has 174 valence electrons. The minimum Gasteiger partial charge on any atom is -0.508 e. The Hall–Kier alpha value is -4.79. The first-order valence-corrected chi connectivity index (χ1v) is 10.1. The predicted octanol–water partition coefficient (Wildman–Crippen LogP) is 3.04. The summed E-state index contributed by atoms with van der Waals surface area (Å²) in [5.41, 5.74) is 3.45. The van der Waals surface area contributed by atoms with Gasteiger partial charge in [0.2, 0.25) is 0 Å². The van der Waals surface area contributed by atoms with Crippen LogP contribution in [0.25, 0.3) is 6.08 Å². The van der Waals surface area contributed by atoms with Crippen molar-refractivity contribution in [3.05, 3.63) is 89.1 Å². The number of hydrogen-bond acceptors (Lipinski definition) is 7. The lowest BCUT2D eigenvalue weighted by molar-refractivity contribution is -0.117. The predicted molar refractivity (Wildman–Crippen MR) is 127 cm³/mol. The highest BCUT2D eigenvalue weighted by Crippen LogP contribution is 2.28. The van der Waals surface area contributed by atoms with Crippen LogP contribution in [0.5, 0.6) is 23.0 Å². The molecule has 0 aliphatic heterocycles. The molecule has 0 aliphatic rings. The van der Waals surface area contributed by atoms with E-state index in [9.17, 15) is 19.8 Å². The van der Waals surface area contributed by atoms with Crippen LogP contribution in [0, 0.1) is 0 Å². The summed E-state index contributed by atoms with van der Waals surface area (Å²) in [4.78, 5) is 25.5. The minimum absolute atomic E-state index is 0.0758.